The summed E-state index contributed by atoms with van der Waals surface area (Å²) in [7, 11) is 1.49. The van der Waals surface area contributed by atoms with Crippen LogP contribution < -0.4 is 5.32 Å². The van der Waals surface area contributed by atoms with Gasteiger partial charge in [0.1, 0.15) is 6.61 Å². The molecule has 0 radical (unpaired) electrons. The summed E-state index contributed by atoms with van der Waals surface area (Å²) in [4.78, 5) is 0. The molecule has 0 unspecified atom stereocenters. The van der Waals surface area contributed by atoms with Crippen molar-refractivity contribution >= 4 is 0 Å². The summed E-state index contributed by atoms with van der Waals surface area (Å²) < 4.78 is 30.0. The van der Waals surface area contributed by atoms with Crippen molar-refractivity contribution in [3.63, 3.8) is 0 Å². The van der Waals surface area contributed by atoms with E-state index in [1.807, 2.05) is 0 Å². The Morgan fingerprint density at radius 2 is 2.00 bits per heavy atom. The van der Waals surface area contributed by atoms with Crippen LogP contribution >= 0.6 is 0 Å². The van der Waals surface area contributed by atoms with E-state index in [9.17, 15) is 8.78 Å². The molecule has 2 nitrogen and oxygen atoms in total. The van der Waals surface area contributed by atoms with Crippen LogP contribution in [0.4, 0.5) is 8.78 Å². The van der Waals surface area contributed by atoms with Crippen molar-refractivity contribution in [2.75, 3.05) is 20.2 Å². The third-order valence-corrected chi connectivity index (χ3v) is 1.06. The Bertz CT molecular complexity index is 107. The van der Waals surface area contributed by atoms with Gasteiger partial charge in [-0.2, -0.15) is 0 Å². The topological polar surface area (TPSA) is 21.3 Å². The van der Waals surface area contributed by atoms with Gasteiger partial charge in [-0.25, -0.2) is 8.78 Å². The van der Waals surface area contributed by atoms with Crippen molar-refractivity contribution in [1.82, 2.24) is 5.32 Å². The molecule has 0 aliphatic carbocycles. The number of hydrogen-bond donors (Lipinski definition) is 1. The molecule has 0 aliphatic heterocycles. The van der Waals surface area contributed by atoms with Gasteiger partial charge >= 0.3 is 0 Å². The minimum absolute atomic E-state index is 0.141. The second kappa shape index (κ2) is 4.62. The summed E-state index contributed by atoms with van der Waals surface area (Å²) in [5.41, 5.74) is 0. The van der Waals surface area contributed by atoms with Crippen molar-refractivity contribution in [3.8, 4) is 0 Å². The summed E-state index contributed by atoms with van der Waals surface area (Å²) >= 11 is 0. The number of rotatable bonds is 5. The van der Waals surface area contributed by atoms with E-state index in [-0.39, 0.29) is 12.6 Å². The first-order valence-corrected chi connectivity index (χ1v) is 3.62. The first kappa shape index (κ1) is 10.8. The lowest BCUT2D eigenvalue weighted by Crippen LogP contribution is -2.35. The van der Waals surface area contributed by atoms with Crippen LogP contribution in [0.1, 0.15) is 13.8 Å². The minimum atomic E-state index is -2.75. The van der Waals surface area contributed by atoms with Crippen molar-refractivity contribution in [2.45, 2.75) is 25.9 Å². The molecule has 0 amide bonds. The van der Waals surface area contributed by atoms with Crippen LogP contribution in [0.15, 0.2) is 0 Å². The highest BCUT2D eigenvalue weighted by Crippen LogP contribution is 2.12. The molecule has 0 aromatic heterocycles. The van der Waals surface area contributed by atoms with Crippen LogP contribution in [-0.4, -0.2) is 32.2 Å². The smallest absolute Gasteiger partial charge is 0.283 e. The summed E-state index contributed by atoms with van der Waals surface area (Å²) in [5, 5.41) is 2.40. The van der Waals surface area contributed by atoms with Gasteiger partial charge in [0.25, 0.3) is 5.92 Å². The predicted octanol–water partition coefficient (Wildman–Crippen LogP) is 1.27. The monoisotopic (exact) mass is 167 g/mol. The number of hydrogen-bond acceptors (Lipinski definition) is 2. The Labute approximate surface area is 65.9 Å². The van der Waals surface area contributed by atoms with E-state index in [1.54, 1.807) is 13.8 Å². The molecular weight excluding hydrogens is 152 g/mol. The lowest BCUT2D eigenvalue weighted by atomic mass is 10.3. The second-order valence-corrected chi connectivity index (χ2v) is 2.75. The molecule has 0 aromatic carbocycles. The van der Waals surface area contributed by atoms with Crippen molar-refractivity contribution in [1.29, 1.82) is 0 Å². The highest BCUT2D eigenvalue weighted by Gasteiger charge is 2.28. The molecule has 0 heterocycles. The Balaban J connectivity index is 3.54. The zero-order valence-corrected chi connectivity index (χ0v) is 7.16. The molecule has 11 heavy (non-hydrogen) atoms. The molecule has 0 spiro atoms. The third kappa shape index (κ3) is 6.19. The maximum atomic E-state index is 12.6. The largest absolute Gasteiger partial charge is 0.372 e. The molecule has 0 aromatic rings. The van der Waals surface area contributed by atoms with Crippen molar-refractivity contribution in [3.05, 3.63) is 0 Å². The summed E-state index contributed by atoms with van der Waals surface area (Å²) in [6.07, 6.45) is -0.141. The molecule has 1 N–H and O–H groups in total. The lowest BCUT2D eigenvalue weighted by Gasteiger charge is -2.17. The average molecular weight is 167 g/mol. The van der Waals surface area contributed by atoms with Crippen LogP contribution in [0.5, 0.6) is 0 Å². The number of alkyl halides is 2. The van der Waals surface area contributed by atoms with Crippen LogP contribution in [0.25, 0.3) is 0 Å². The van der Waals surface area contributed by atoms with Crippen LogP contribution in [-0.2, 0) is 4.74 Å². The van der Waals surface area contributed by atoms with Gasteiger partial charge < -0.3 is 10.1 Å². The van der Waals surface area contributed by atoms with Gasteiger partial charge in [-0.1, -0.05) is 0 Å². The zero-order valence-electron chi connectivity index (χ0n) is 7.16. The average Bonchev–Trinajstić information content (AvgIpc) is 1.84. The first-order chi connectivity index (χ1) is 4.98. The molecule has 0 aliphatic rings. The van der Waals surface area contributed by atoms with Crippen LogP contribution in [0.3, 0.4) is 0 Å². The van der Waals surface area contributed by atoms with E-state index < -0.39 is 12.5 Å². The van der Waals surface area contributed by atoms with E-state index in [0.29, 0.717) is 0 Å². The predicted molar refractivity (Wildman–Crippen MR) is 40.0 cm³/mol. The quantitative estimate of drug-likeness (QED) is 0.665. The highest BCUT2D eigenvalue weighted by molar-refractivity contribution is 4.67. The molecule has 0 rings (SSSR count). The Morgan fingerprint density at radius 3 is 2.36 bits per heavy atom. The molecule has 0 saturated heterocycles. The fraction of sp³-hybridized carbons (Fsp3) is 1.00. The molecular formula is C7H15F2NO. The van der Waals surface area contributed by atoms with Gasteiger partial charge in [0, 0.05) is 0 Å². The summed E-state index contributed by atoms with van der Waals surface area (Å²) in [6.45, 7) is 2.62. The first-order valence-electron chi connectivity index (χ1n) is 3.62. The van der Waals surface area contributed by atoms with E-state index >= 15 is 0 Å². The molecule has 68 valence electrons. The van der Waals surface area contributed by atoms with Gasteiger partial charge in [0.05, 0.1) is 12.6 Å². The van der Waals surface area contributed by atoms with E-state index in [1.165, 1.54) is 7.05 Å². The summed E-state index contributed by atoms with van der Waals surface area (Å²) in [5.74, 6) is -2.75. The standard InChI is InChI=1S/C7H15F2NO/c1-6(2)11-5-7(8,9)4-10-3/h6,10H,4-5H2,1-3H3. The van der Waals surface area contributed by atoms with Crippen molar-refractivity contribution < 1.29 is 13.5 Å². The normalized spacial score (nSPS) is 12.5. The number of nitrogens with one attached hydrogen (secondary N) is 1. The second-order valence-electron chi connectivity index (χ2n) is 2.75. The summed E-state index contributed by atoms with van der Waals surface area (Å²) in [6, 6.07) is 0. The highest BCUT2D eigenvalue weighted by atomic mass is 19.3. The Hall–Kier alpha value is -0.220. The zero-order chi connectivity index (χ0) is 8.91. The van der Waals surface area contributed by atoms with Gasteiger partial charge in [0.2, 0.25) is 0 Å². The molecule has 0 saturated carbocycles. The number of halogens is 2. The molecule has 0 fully saturated rings. The van der Waals surface area contributed by atoms with Crippen molar-refractivity contribution in [2.24, 2.45) is 0 Å². The fourth-order valence-corrected chi connectivity index (χ4v) is 0.598. The maximum absolute atomic E-state index is 12.6. The van der Waals surface area contributed by atoms with Gasteiger partial charge in [-0.15, -0.1) is 0 Å². The SMILES string of the molecule is CNCC(F)(F)COC(C)C. The van der Waals surface area contributed by atoms with Crippen LogP contribution in [0, 0.1) is 0 Å². The Kier molecular flexibility index (Phi) is 4.52. The molecule has 0 atom stereocenters. The van der Waals surface area contributed by atoms with Gasteiger partial charge in [-0.3, -0.25) is 0 Å². The maximum Gasteiger partial charge on any atom is 0.283 e. The van der Waals surface area contributed by atoms with Gasteiger partial charge in [0.15, 0.2) is 0 Å². The molecule has 0 bridgehead atoms. The van der Waals surface area contributed by atoms with Gasteiger partial charge in [-0.05, 0) is 20.9 Å². The Morgan fingerprint density at radius 1 is 1.45 bits per heavy atom. The fourth-order valence-electron chi connectivity index (χ4n) is 0.598. The van der Waals surface area contributed by atoms with Crippen LogP contribution in [0.2, 0.25) is 0 Å². The van der Waals surface area contributed by atoms with E-state index in [4.69, 9.17) is 4.74 Å². The third-order valence-electron chi connectivity index (χ3n) is 1.06. The minimum Gasteiger partial charge on any atom is -0.372 e. The lowest BCUT2D eigenvalue weighted by molar-refractivity contribution is -0.0890. The molecule has 4 heteroatoms. The van der Waals surface area contributed by atoms with E-state index in [0.717, 1.165) is 0 Å². The van der Waals surface area contributed by atoms with E-state index in [2.05, 4.69) is 5.32 Å². The number of ether oxygens (including phenoxy) is 1.